The normalized spacial score (nSPS) is 30.8. The molecule has 0 spiro atoms. The topological polar surface area (TPSA) is 56.6 Å². The van der Waals surface area contributed by atoms with Gasteiger partial charge >= 0.3 is 0 Å². The van der Waals surface area contributed by atoms with Crippen LogP contribution in [0.1, 0.15) is 16.7 Å². The van der Waals surface area contributed by atoms with E-state index in [0.717, 1.165) is 65.6 Å². The van der Waals surface area contributed by atoms with Gasteiger partial charge in [-0.2, -0.15) is 0 Å². The Kier molecular flexibility index (Phi) is 5.19. The van der Waals surface area contributed by atoms with Crippen LogP contribution in [0.15, 0.2) is 18.2 Å². The van der Waals surface area contributed by atoms with Crippen molar-refractivity contribution in [2.45, 2.75) is 43.9 Å². The zero-order chi connectivity index (χ0) is 18.2. The Bertz CT molecular complexity index is 640. The Morgan fingerprint density at radius 1 is 0.778 bits per heavy atom. The van der Waals surface area contributed by atoms with Crippen LogP contribution >= 0.6 is 0 Å². The minimum atomic E-state index is 0.407. The second kappa shape index (κ2) is 7.78. The first kappa shape index (κ1) is 18.0. The van der Waals surface area contributed by atoms with Gasteiger partial charge in [-0.25, -0.2) is 0 Å². The number of rotatable bonds is 12. The van der Waals surface area contributed by atoms with Crippen molar-refractivity contribution in [2.24, 2.45) is 0 Å². The fourth-order valence-corrected chi connectivity index (χ4v) is 3.88. The monoisotopic (exact) mass is 374 g/mol. The Morgan fingerprint density at radius 2 is 1.33 bits per heavy atom. The molecule has 4 aliphatic rings. The van der Waals surface area contributed by atoms with E-state index in [9.17, 15) is 0 Å². The molecule has 4 heterocycles. The Balaban J connectivity index is 1.33. The maximum absolute atomic E-state index is 5.51. The molecule has 0 radical (unpaired) electrons. The van der Waals surface area contributed by atoms with Crippen LogP contribution in [0.3, 0.4) is 0 Å². The zero-order valence-corrected chi connectivity index (χ0v) is 16.1. The average molecular weight is 374 g/mol. The summed E-state index contributed by atoms with van der Waals surface area (Å²) in [7, 11) is 2.20. The molecule has 4 unspecified atom stereocenters. The summed E-state index contributed by atoms with van der Waals surface area (Å²) >= 11 is 0. The Morgan fingerprint density at radius 3 is 1.93 bits per heavy atom. The minimum absolute atomic E-state index is 0.407. The standard InChI is InChI=1S/C21H30N2O4/c1-22(7-18-12-25-18)10-21-15(5-17-11-24-17)3-2-4-16(21)6-23(8-19-13-26-19)9-20-14-27-20/h2-4,17-20H,5-14H2,1H3. The summed E-state index contributed by atoms with van der Waals surface area (Å²) in [6, 6.07) is 6.78. The molecule has 4 atom stereocenters. The van der Waals surface area contributed by atoms with E-state index in [0.29, 0.717) is 24.4 Å². The number of hydrogen-bond acceptors (Lipinski definition) is 6. The van der Waals surface area contributed by atoms with Crippen LogP contribution in [0.2, 0.25) is 0 Å². The van der Waals surface area contributed by atoms with Crippen molar-refractivity contribution in [3.8, 4) is 0 Å². The lowest BCUT2D eigenvalue weighted by Gasteiger charge is -2.25. The molecule has 6 heteroatoms. The van der Waals surface area contributed by atoms with Crippen molar-refractivity contribution in [1.29, 1.82) is 0 Å². The van der Waals surface area contributed by atoms with E-state index in [4.69, 9.17) is 18.9 Å². The molecule has 6 nitrogen and oxygen atoms in total. The first-order valence-corrected chi connectivity index (χ1v) is 10.2. The van der Waals surface area contributed by atoms with Crippen molar-refractivity contribution in [2.75, 3.05) is 53.1 Å². The second-order valence-electron chi connectivity index (χ2n) is 8.47. The number of ether oxygens (including phenoxy) is 4. The van der Waals surface area contributed by atoms with Crippen LogP contribution in [0, 0.1) is 0 Å². The van der Waals surface area contributed by atoms with Crippen LogP contribution in [0.4, 0.5) is 0 Å². The third kappa shape index (κ3) is 5.50. The van der Waals surface area contributed by atoms with Gasteiger partial charge in [0.2, 0.25) is 0 Å². The summed E-state index contributed by atoms with van der Waals surface area (Å²) in [6.07, 6.45) is 2.67. The first-order chi connectivity index (χ1) is 13.2. The largest absolute Gasteiger partial charge is 0.373 e. The fourth-order valence-electron chi connectivity index (χ4n) is 3.88. The van der Waals surface area contributed by atoms with Gasteiger partial charge in [0.1, 0.15) is 0 Å². The third-order valence-electron chi connectivity index (χ3n) is 5.69. The number of nitrogens with zero attached hydrogens (tertiary/aromatic N) is 2. The summed E-state index contributed by atoms with van der Waals surface area (Å²) in [5.74, 6) is 0. The molecule has 0 aliphatic carbocycles. The van der Waals surface area contributed by atoms with Gasteiger partial charge in [0, 0.05) is 39.1 Å². The maximum Gasteiger partial charge on any atom is 0.0936 e. The van der Waals surface area contributed by atoms with Crippen molar-refractivity contribution in [1.82, 2.24) is 9.80 Å². The molecule has 0 saturated carbocycles. The SMILES string of the molecule is CN(Cc1c(CC2CO2)cccc1CN(CC1CO1)CC1CO1)CC1CO1. The molecule has 4 aliphatic heterocycles. The molecule has 0 N–H and O–H groups in total. The summed E-state index contributed by atoms with van der Waals surface area (Å²) < 4.78 is 21.9. The minimum Gasteiger partial charge on any atom is -0.373 e. The molecule has 4 saturated heterocycles. The van der Waals surface area contributed by atoms with Crippen LogP contribution in [0.25, 0.3) is 0 Å². The molecule has 0 amide bonds. The number of epoxide rings is 4. The van der Waals surface area contributed by atoms with Gasteiger partial charge < -0.3 is 18.9 Å². The van der Waals surface area contributed by atoms with Crippen molar-refractivity contribution in [3.05, 3.63) is 34.9 Å². The quantitative estimate of drug-likeness (QED) is 0.510. The Hall–Kier alpha value is -1.02. The zero-order valence-electron chi connectivity index (χ0n) is 16.1. The van der Waals surface area contributed by atoms with Gasteiger partial charge in [-0.1, -0.05) is 18.2 Å². The molecule has 0 bridgehead atoms. The van der Waals surface area contributed by atoms with E-state index < -0.39 is 0 Å². The van der Waals surface area contributed by atoms with Crippen LogP contribution in [-0.2, 0) is 38.5 Å². The summed E-state index contributed by atoms with van der Waals surface area (Å²) in [6.45, 7) is 8.54. The van der Waals surface area contributed by atoms with Gasteiger partial charge in [-0.3, -0.25) is 9.80 Å². The predicted molar refractivity (Wildman–Crippen MR) is 101 cm³/mol. The fraction of sp³-hybridized carbons (Fsp3) is 0.714. The highest BCUT2D eigenvalue weighted by Gasteiger charge is 2.32. The van der Waals surface area contributed by atoms with Gasteiger partial charge in [-0.15, -0.1) is 0 Å². The third-order valence-corrected chi connectivity index (χ3v) is 5.69. The van der Waals surface area contributed by atoms with E-state index in [1.54, 1.807) is 0 Å². The number of hydrogen-bond donors (Lipinski definition) is 0. The number of likely N-dealkylation sites (N-methyl/N-ethyl adjacent to an activating group) is 1. The summed E-state index contributed by atoms with van der Waals surface area (Å²) in [4.78, 5) is 4.90. The molecule has 148 valence electrons. The van der Waals surface area contributed by atoms with Gasteiger partial charge in [0.05, 0.1) is 50.8 Å². The molecular weight excluding hydrogens is 344 g/mol. The van der Waals surface area contributed by atoms with E-state index in [-0.39, 0.29) is 0 Å². The van der Waals surface area contributed by atoms with E-state index in [2.05, 4.69) is 35.0 Å². The molecular formula is C21H30N2O4. The molecule has 1 aromatic carbocycles. The smallest absolute Gasteiger partial charge is 0.0936 e. The molecule has 1 aromatic rings. The van der Waals surface area contributed by atoms with Gasteiger partial charge in [0.15, 0.2) is 0 Å². The summed E-state index contributed by atoms with van der Waals surface area (Å²) in [5, 5.41) is 0. The predicted octanol–water partition coefficient (Wildman–Crippen LogP) is 1.06. The van der Waals surface area contributed by atoms with Crippen molar-refractivity contribution >= 4 is 0 Å². The van der Waals surface area contributed by atoms with E-state index in [1.807, 2.05) is 0 Å². The van der Waals surface area contributed by atoms with Crippen molar-refractivity contribution < 1.29 is 18.9 Å². The van der Waals surface area contributed by atoms with Gasteiger partial charge in [-0.05, 0) is 23.7 Å². The van der Waals surface area contributed by atoms with Crippen LogP contribution in [0.5, 0.6) is 0 Å². The highest BCUT2D eigenvalue weighted by atomic mass is 16.6. The number of benzene rings is 1. The average Bonchev–Trinajstić information content (AvgIpc) is 3.46. The van der Waals surface area contributed by atoms with E-state index >= 15 is 0 Å². The lowest BCUT2D eigenvalue weighted by Crippen LogP contribution is -2.32. The molecule has 27 heavy (non-hydrogen) atoms. The van der Waals surface area contributed by atoms with Crippen LogP contribution < -0.4 is 0 Å². The molecule has 0 aromatic heterocycles. The lowest BCUT2D eigenvalue weighted by molar-refractivity contribution is 0.211. The second-order valence-corrected chi connectivity index (χ2v) is 8.47. The Labute approximate surface area is 161 Å². The van der Waals surface area contributed by atoms with Crippen molar-refractivity contribution in [3.63, 3.8) is 0 Å². The maximum atomic E-state index is 5.51. The molecule has 4 fully saturated rings. The summed E-state index contributed by atoms with van der Waals surface area (Å²) in [5.41, 5.74) is 4.33. The highest BCUT2D eigenvalue weighted by Crippen LogP contribution is 2.26. The van der Waals surface area contributed by atoms with Crippen LogP contribution in [-0.4, -0.2) is 87.3 Å². The van der Waals surface area contributed by atoms with Gasteiger partial charge in [0.25, 0.3) is 0 Å². The first-order valence-electron chi connectivity index (χ1n) is 10.2. The molecule has 5 rings (SSSR count). The highest BCUT2D eigenvalue weighted by molar-refractivity contribution is 5.36. The van der Waals surface area contributed by atoms with E-state index in [1.165, 1.54) is 16.7 Å². The lowest BCUT2D eigenvalue weighted by atomic mass is 9.96.